The molecule has 0 saturated carbocycles. The van der Waals surface area contributed by atoms with Crippen molar-refractivity contribution in [3.63, 3.8) is 0 Å². The molecular formula is C9H14N4O2. The number of nitrogens with two attached hydrogens (primary N) is 1. The number of nitrogens with zero attached hydrogens (tertiary/aromatic N) is 1. The predicted molar refractivity (Wildman–Crippen MR) is 54.3 cm³/mol. The van der Waals surface area contributed by atoms with Gasteiger partial charge in [-0.15, -0.1) is 0 Å². The van der Waals surface area contributed by atoms with Crippen LogP contribution in [-0.4, -0.2) is 35.4 Å². The van der Waals surface area contributed by atoms with Crippen LogP contribution in [0, 0.1) is 0 Å². The van der Waals surface area contributed by atoms with Crippen LogP contribution in [0.3, 0.4) is 0 Å². The van der Waals surface area contributed by atoms with Gasteiger partial charge in [-0.25, -0.2) is 0 Å². The molecule has 1 aromatic rings. The van der Waals surface area contributed by atoms with Crippen LogP contribution in [0.5, 0.6) is 0 Å². The molecule has 1 amide bonds. The first kappa shape index (κ1) is 9.97. The molecule has 0 spiro atoms. The summed E-state index contributed by atoms with van der Waals surface area (Å²) in [6, 6.07) is 0.0838. The Morgan fingerprint density at radius 2 is 2.60 bits per heavy atom. The van der Waals surface area contributed by atoms with Crippen molar-refractivity contribution in [1.82, 2.24) is 15.5 Å². The average Bonchev–Trinajstić information content (AvgIpc) is 2.66. The number of carbonyl (C=O) groups is 1. The van der Waals surface area contributed by atoms with Crippen LogP contribution in [0.4, 0.5) is 5.82 Å². The van der Waals surface area contributed by atoms with Crippen molar-refractivity contribution in [2.24, 2.45) is 0 Å². The summed E-state index contributed by atoms with van der Waals surface area (Å²) in [6.07, 6.45) is 3.35. The minimum atomic E-state index is -0.197. The van der Waals surface area contributed by atoms with Crippen LogP contribution in [0.1, 0.15) is 23.2 Å². The lowest BCUT2D eigenvalue weighted by Gasteiger charge is -2.22. The summed E-state index contributed by atoms with van der Waals surface area (Å²) in [5.41, 5.74) is 5.93. The Balaban J connectivity index is 1.94. The van der Waals surface area contributed by atoms with E-state index in [4.69, 9.17) is 10.5 Å². The molecule has 1 aliphatic heterocycles. The summed E-state index contributed by atoms with van der Waals surface area (Å²) in [6.45, 7) is 1.35. The second kappa shape index (κ2) is 4.31. The molecule has 0 aromatic carbocycles. The van der Waals surface area contributed by atoms with Gasteiger partial charge >= 0.3 is 0 Å². The maximum Gasteiger partial charge on any atom is 0.256 e. The Hall–Kier alpha value is -1.56. The second-order valence-corrected chi connectivity index (χ2v) is 3.58. The summed E-state index contributed by atoms with van der Waals surface area (Å²) in [7, 11) is 0. The Morgan fingerprint density at radius 1 is 1.73 bits per heavy atom. The van der Waals surface area contributed by atoms with E-state index in [0.717, 1.165) is 19.4 Å². The number of nitrogen functional groups attached to an aromatic ring is 1. The largest absolute Gasteiger partial charge is 0.383 e. The lowest BCUT2D eigenvalue weighted by molar-refractivity contribution is 0.0624. The zero-order valence-electron chi connectivity index (χ0n) is 8.32. The summed E-state index contributed by atoms with van der Waals surface area (Å²) in [4.78, 5) is 11.7. The fourth-order valence-corrected chi connectivity index (χ4v) is 1.59. The number of amides is 1. The van der Waals surface area contributed by atoms with Crippen molar-refractivity contribution in [3.8, 4) is 0 Å². The molecule has 0 bridgehead atoms. The van der Waals surface area contributed by atoms with Crippen LogP contribution in [-0.2, 0) is 4.74 Å². The molecule has 1 unspecified atom stereocenters. The van der Waals surface area contributed by atoms with Crippen LogP contribution in [0.15, 0.2) is 6.20 Å². The summed E-state index contributed by atoms with van der Waals surface area (Å²) in [5, 5.41) is 9.07. The number of aromatic amines is 1. The van der Waals surface area contributed by atoms with E-state index in [9.17, 15) is 4.79 Å². The van der Waals surface area contributed by atoms with Gasteiger partial charge in [-0.3, -0.25) is 9.89 Å². The maximum atomic E-state index is 11.7. The zero-order valence-corrected chi connectivity index (χ0v) is 8.32. The van der Waals surface area contributed by atoms with Gasteiger partial charge < -0.3 is 15.8 Å². The van der Waals surface area contributed by atoms with Crippen molar-refractivity contribution in [3.05, 3.63) is 11.8 Å². The molecular weight excluding hydrogens is 196 g/mol. The lowest BCUT2D eigenvalue weighted by atomic mass is 10.1. The first-order valence-electron chi connectivity index (χ1n) is 4.95. The average molecular weight is 210 g/mol. The molecule has 1 fully saturated rings. The second-order valence-electron chi connectivity index (χ2n) is 3.58. The fourth-order valence-electron chi connectivity index (χ4n) is 1.59. The van der Waals surface area contributed by atoms with Crippen molar-refractivity contribution >= 4 is 11.7 Å². The number of aromatic nitrogens is 2. The number of hydrogen-bond donors (Lipinski definition) is 3. The quantitative estimate of drug-likeness (QED) is 0.635. The Bertz CT molecular complexity index is 344. The first-order chi connectivity index (χ1) is 7.27. The molecule has 82 valence electrons. The van der Waals surface area contributed by atoms with E-state index in [1.54, 1.807) is 0 Å². The SMILES string of the molecule is Nc1[nH]ncc1C(=O)NC1CCCOC1. The predicted octanol–water partition coefficient (Wildman–Crippen LogP) is -0.0993. The van der Waals surface area contributed by atoms with Gasteiger partial charge in [-0.2, -0.15) is 5.10 Å². The van der Waals surface area contributed by atoms with Gasteiger partial charge in [-0.05, 0) is 12.8 Å². The van der Waals surface area contributed by atoms with Crippen molar-refractivity contribution in [1.29, 1.82) is 0 Å². The summed E-state index contributed by atoms with van der Waals surface area (Å²) in [5.74, 6) is 0.0981. The number of ether oxygens (including phenoxy) is 1. The number of H-pyrrole nitrogens is 1. The molecule has 1 aliphatic rings. The first-order valence-corrected chi connectivity index (χ1v) is 4.95. The highest BCUT2D eigenvalue weighted by Gasteiger charge is 2.19. The van der Waals surface area contributed by atoms with E-state index in [-0.39, 0.29) is 11.9 Å². The van der Waals surface area contributed by atoms with Crippen molar-refractivity contribution in [2.75, 3.05) is 18.9 Å². The van der Waals surface area contributed by atoms with Crippen LogP contribution in [0.2, 0.25) is 0 Å². The zero-order chi connectivity index (χ0) is 10.7. The summed E-state index contributed by atoms with van der Waals surface area (Å²) < 4.78 is 5.26. The Morgan fingerprint density at radius 3 is 3.20 bits per heavy atom. The third-order valence-corrected chi connectivity index (χ3v) is 2.41. The smallest absolute Gasteiger partial charge is 0.256 e. The van der Waals surface area contributed by atoms with E-state index < -0.39 is 0 Å². The van der Waals surface area contributed by atoms with E-state index in [0.29, 0.717) is 18.0 Å². The van der Waals surface area contributed by atoms with Gasteiger partial charge in [0.2, 0.25) is 0 Å². The van der Waals surface area contributed by atoms with Gasteiger partial charge in [0.25, 0.3) is 5.91 Å². The lowest BCUT2D eigenvalue weighted by Crippen LogP contribution is -2.40. The molecule has 2 rings (SSSR count). The normalized spacial score (nSPS) is 21.2. The Kier molecular flexibility index (Phi) is 2.86. The number of hydrogen-bond acceptors (Lipinski definition) is 4. The number of carbonyl (C=O) groups excluding carboxylic acids is 1. The number of rotatable bonds is 2. The molecule has 1 saturated heterocycles. The minimum absolute atomic E-state index is 0.0838. The van der Waals surface area contributed by atoms with Gasteiger partial charge in [0, 0.05) is 6.61 Å². The third kappa shape index (κ3) is 2.27. The molecule has 2 heterocycles. The Labute approximate surface area is 87.2 Å². The molecule has 6 heteroatoms. The van der Waals surface area contributed by atoms with Crippen molar-refractivity contribution in [2.45, 2.75) is 18.9 Å². The molecule has 1 aromatic heterocycles. The van der Waals surface area contributed by atoms with Crippen LogP contribution < -0.4 is 11.1 Å². The van der Waals surface area contributed by atoms with Gasteiger partial charge in [-0.1, -0.05) is 0 Å². The maximum absolute atomic E-state index is 11.7. The van der Waals surface area contributed by atoms with E-state index in [2.05, 4.69) is 15.5 Å². The van der Waals surface area contributed by atoms with E-state index in [1.807, 2.05) is 0 Å². The summed E-state index contributed by atoms with van der Waals surface area (Å²) >= 11 is 0. The van der Waals surface area contributed by atoms with E-state index in [1.165, 1.54) is 6.20 Å². The van der Waals surface area contributed by atoms with Crippen LogP contribution in [0.25, 0.3) is 0 Å². The molecule has 6 nitrogen and oxygen atoms in total. The number of nitrogens with one attached hydrogen (secondary N) is 2. The molecule has 15 heavy (non-hydrogen) atoms. The highest BCUT2D eigenvalue weighted by Crippen LogP contribution is 2.09. The third-order valence-electron chi connectivity index (χ3n) is 2.41. The van der Waals surface area contributed by atoms with Gasteiger partial charge in [0.15, 0.2) is 0 Å². The van der Waals surface area contributed by atoms with Crippen LogP contribution >= 0.6 is 0 Å². The molecule has 0 radical (unpaired) electrons. The number of anilines is 1. The standard InChI is InChI=1S/C9H14N4O2/c10-8-7(4-11-13-8)9(14)12-6-2-1-3-15-5-6/h4,6H,1-3,5H2,(H,12,14)(H3,10,11,13). The highest BCUT2D eigenvalue weighted by atomic mass is 16.5. The van der Waals surface area contributed by atoms with E-state index >= 15 is 0 Å². The monoisotopic (exact) mass is 210 g/mol. The molecule has 4 N–H and O–H groups in total. The van der Waals surface area contributed by atoms with Gasteiger partial charge in [0.1, 0.15) is 11.4 Å². The molecule has 1 atom stereocenters. The van der Waals surface area contributed by atoms with Crippen molar-refractivity contribution < 1.29 is 9.53 Å². The van der Waals surface area contributed by atoms with Gasteiger partial charge in [0.05, 0.1) is 18.8 Å². The molecule has 0 aliphatic carbocycles. The highest BCUT2D eigenvalue weighted by molar-refractivity contribution is 5.98. The fraction of sp³-hybridized carbons (Fsp3) is 0.556. The topological polar surface area (TPSA) is 93.0 Å². The minimum Gasteiger partial charge on any atom is -0.383 e.